The van der Waals surface area contributed by atoms with Gasteiger partial charge in [-0.05, 0) is 72.9 Å². The molecule has 0 unspecified atom stereocenters. The molecule has 1 amide bonds. The van der Waals surface area contributed by atoms with Gasteiger partial charge in [-0.1, -0.05) is 61.6 Å². The maximum absolute atomic E-state index is 10.8. The first kappa shape index (κ1) is 27.8. The predicted molar refractivity (Wildman–Crippen MR) is 147 cm³/mol. The lowest BCUT2D eigenvalue weighted by Gasteiger charge is -2.14. The van der Waals surface area contributed by atoms with Crippen LogP contribution in [-0.4, -0.2) is 22.7 Å². The molecule has 0 saturated heterocycles. The van der Waals surface area contributed by atoms with Crippen LogP contribution in [0.4, 0.5) is 0 Å². The van der Waals surface area contributed by atoms with Crippen molar-refractivity contribution in [1.82, 2.24) is 9.97 Å². The standard InChI is InChI=1S/C29H30N2O2.CH3NO/c1-5-7-9-23(8-6-2)28-15-10-21(3)16-25(28)20-33-27-13-11-24(12-14-27)29-30-18-26(31-29)17-22(4)19-32;2-1-3/h5,7-19H,1,6,20H2,2-4H3,(H,30,31);1H,(H2,2,3)/b9-7-,22-17+,23-8+;. The van der Waals surface area contributed by atoms with Crippen LogP contribution in [0.2, 0.25) is 0 Å². The summed E-state index contributed by atoms with van der Waals surface area (Å²) in [7, 11) is 0. The zero-order valence-corrected chi connectivity index (χ0v) is 21.0. The van der Waals surface area contributed by atoms with Crippen molar-refractivity contribution in [2.24, 2.45) is 5.73 Å². The molecule has 0 bridgehead atoms. The molecule has 0 atom stereocenters. The van der Waals surface area contributed by atoms with Gasteiger partial charge in [0.15, 0.2) is 0 Å². The molecule has 0 spiro atoms. The number of H-pyrrole nitrogens is 1. The van der Waals surface area contributed by atoms with Crippen molar-refractivity contribution < 1.29 is 14.3 Å². The number of primary amides is 1. The van der Waals surface area contributed by atoms with Gasteiger partial charge in [0.1, 0.15) is 24.5 Å². The number of hydrogen-bond donors (Lipinski definition) is 2. The molecule has 1 heterocycles. The van der Waals surface area contributed by atoms with Crippen molar-refractivity contribution in [3.63, 3.8) is 0 Å². The predicted octanol–water partition coefficient (Wildman–Crippen LogP) is 6.20. The van der Waals surface area contributed by atoms with Gasteiger partial charge in [-0.3, -0.25) is 9.59 Å². The molecule has 6 nitrogen and oxygen atoms in total. The molecule has 0 fully saturated rings. The van der Waals surface area contributed by atoms with Crippen molar-refractivity contribution in [3.8, 4) is 17.1 Å². The van der Waals surface area contributed by atoms with E-state index in [9.17, 15) is 4.79 Å². The van der Waals surface area contributed by atoms with Gasteiger partial charge in [0.05, 0.1) is 11.9 Å². The first-order valence-corrected chi connectivity index (χ1v) is 11.6. The van der Waals surface area contributed by atoms with Crippen LogP contribution in [0.15, 0.2) is 85.1 Å². The minimum absolute atomic E-state index is 0.250. The van der Waals surface area contributed by atoms with E-state index in [1.807, 2.05) is 30.3 Å². The Morgan fingerprint density at radius 1 is 1.17 bits per heavy atom. The number of amides is 1. The Balaban J connectivity index is 0.00000145. The Morgan fingerprint density at radius 3 is 2.53 bits per heavy atom. The lowest BCUT2D eigenvalue weighted by atomic mass is 9.97. The highest BCUT2D eigenvalue weighted by Gasteiger charge is 2.08. The summed E-state index contributed by atoms with van der Waals surface area (Å²) in [5.41, 5.74) is 11.2. The van der Waals surface area contributed by atoms with Gasteiger partial charge < -0.3 is 15.5 Å². The van der Waals surface area contributed by atoms with Crippen LogP contribution in [0.3, 0.4) is 0 Å². The number of imidazole rings is 1. The number of nitrogens with one attached hydrogen (secondary N) is 1. The summed E-state index contributed by atoms with van der Waals surface area (Å²) in [4.78, 5) is 27.0. The summed E-state index contributed by atoms with van der Waals surface area (Å²) < 4.78 is 6.13. The van der Waals surface area contributed by atoms with E-state index in [0.717, 1.165) is 41.1 Å². The van der Waals surface area contributed by atoms with Gasteiger partial charge in [0.25, 0.3) is 0 Å². The second kappa shape index (κ2) is 14.7. The normalized spacial score (nSPS) is 11.5. The van der Waals surface area contributed by atoms with Gasteiger partial charge in [-0.15, -0.1) is 0 Å². The number of hydrogen-bond acceptors (Lipinski definition) is 4. The average Bonchev–Trinajstić information content (AvgIpc) is 3.34. The van der Waals surface area contributed by atoms with E-state index >= 15 is 0 Å². The highest BCUT2D eigenvalue weighted by atomic mass is 16.5. The number of aldehydes is 1. The number of benzene rings is 2. The fourth-order valence-electron chi connectivity index (χ4n) is 3.49. The molecular formula is C30H33N3O3. The third kappa shape index (κ3) is 8.40. The molecule has 1 aromatic heterocycles. The Hall–Kier alpha value is -4.45. The number of carbonyl (C=O) groups is 2. The van der Waals surface area contributed by atoms with Crippen LogP contribution < -0.4 is 10.5 Å². The number of carbonyl (C=O) groups excluding carboxylic acids is 2. The summed E-state index contributed by atoms with van der Waals surface area (Å²) in [5, 5.41) is 0. The van der Waals surface area contributed by atoms with Gasteiger partial charge >= 0.3 is 0 Å². The van der Waals surface area contributed by atoms with Gasteiger partial charge in [0, 0.05) is 5.56 Å². The molecule has 0 radical (unpaired) electrons. The third-order valence-corrected chi connectivity index (χ3v) is 5.09. The second-order valence-electron chi connectivity index (χ2n) is 7.97. The first-order valence-electron chi connectivity index (χ1n) is 11.6. The number of aryl methyl sites for hydroxylation is 1. The number of nitrogens with two attached hydrogens (primary N) is 1. The SMILES string of the molecule is C=C/C=C\C(=C/CC)c1ccc(C)cc1COc1ccc(-c2ncc(/C=C(\C)C=O)[nH]2)cc1.NC=O. The number of aromatic nitrogens is 2. The number of aromatic amines is 1. The molecule has 0 aliphatic carbocycles. The largest absolute Gasteiger partial charge is 0.489 e. The summed E-state index contributed by atoms with van der Waals surface area (Å²) in [6, 6.07) is 14.3. The van der Waals surface area contributed by atoms with Crippen LogP contribution >= 0.6 is 0 Å². The quantitative estimate of drug-likeness (QED) is 0.204. The van der Waals surface area contributed by atoms with E-state index in [-0.39, 0.29) is 6.41 Å². The van der Waals surface area contributed by atoms with Crippen LogP contribution in [0.5, 0.6) is 5.75 Å². The van der Waals surface area contributed by atoms with Crippen LogP contribution in [0.25, 0.3) is 23.0 Å². The van der Waals surface area contributed by atoms with Crippen molar-refractivity contribution >= 4 is 24.3 Å². The highest BCUT2D eigenvalue weighted by Crippen LogP contribution is 2.26. The minimum atomic E-state index is 0.250. The second-order valence-corrected chi connectivity index (χ2v) is 7.97. The van der Waals surface area contributed by atoms with Gasteiger partial charge in [-0.2, -0.15) is 0 Å². The molecule has 0 aliphatic rings. The van der Waals surface area contributed by atoms with Gasteiger partial charge in [0.2, 0.25) is 6.41 Å². The van der Waals surface area contributed by atoms with Crippen molar-refractivity contribution in [2.75, 3.05) is 0 Å². The number of nitrogens with zero attached hydrogens (tertiary/aromatic N) is 1. The number of rotatable bonds is 10. The van der Waals surface area contributed by atoms with Crippen molar-refractivity contribution in [2.45, 2.75) is 33.8 Å². The summed E-state index contributed by atoms with van der Waals surface area (Å²) in [6.07, 6.45) is 13.6. The monoisotopic (exact) mass is 483 g/mol. The smallest absolute Gasteiger partial charge is 0.204 e. The Kier molecular flexibility index (Phi) is 11.4. The summed E-state index contributed by atoms with van der Waals surface area (Å²) in [5.74, 6) is 1.54. The lowest BCUT2D eigenvalue weighted by molar-refractivity contribution is -0.107. The maximum Gasteiger partial charge on any atom is 0.204 e. The fourth-order valence-corrected chi connectivity index (χ4v) is 3.49. The summed E-state index contributed by atoms with van der Waals surface area (Å²) >= 11 is 0. The van der Waals surface area contributed by atoms with E-state index in [0.29, 0.717) is 12.2 Å². The van der Waals surface area contributed by atoms with E-state index in [1.165, 1.54) is 16.7 Å². The van der Waals surface area contributed by atoms with Crippen LogP contribution in [0, 0.1) is 6.92 Å². The Labute approximate surface area is 212 Å². The third-order valence-electron chi connectivity index (χ3n) is 5.09. The van der Waals surface area contributed by atoms with E-state index in [2.05, 4.69) is 66.5 Å². The van der Waals surface area contributed by atoms with Crippen molar-refractivity contribution in [3.05, 3.63) is 108 Å². The Bertz CT molecular complexity index is 1250. The average molecular weight is 484 g/mol. The molecule has 0 saturated carbocycles. The van der Waals surface area contributed by atoms with Crippen LogP contribution in [-0.2, 0) is 16.2 Å². The van der Waals surface area contributed by atoms with Gasteiger partial charge in [-0.25, -0.2) is 4.98 Å². The fraction of sp³-hybridized carbons (Fsp3) is 0.167. The van der Waals surface area contributed by atoms with Crippen LogP contribution in [0.1, 0.15) is 42.7 Å². The molecule has 3 N–H and O–H groups in total. The Morgan fingerprint density at radius 2 is 1.89 bits per heavy atom. The molecule has 2 aromatic carbocycles. The first-order chi connectivity index (χ1) is 17.4. The lowest BCUT2D eigenvalue weighted by Crippen LogP contribution is -2.00. The molecule has 36 heavy (non-hydrogen) atoms. The zero-order chi connectivity index (χ0) is 26.3. The minimum Gasteiger partial charge on any atom is -0.489 e. The molecule has 3 rings (SSSR count). The van der Waals surface area contributed by atoms with E-state index in [1.54, 1.807) is 25.3 Å². The summed E-state index contributed by atoms with van der Waals surface area (Å²) in [6.45, 7) is 10.2. The maximum atomic E-state index is 10.8. The molecule has 3 aromatic rings. The topological polar surface area (TPSA) is 98.1 Å². The molecule has 0 aliphatic heterocycles. The number of allylic oxidation sites excluding steroid dienone is 6. The van der Waals surface area contributed by atoms with E-state index < -0.39 is 0 Å². The highest BCUT2D eigenvalue weighted by molar-refractivity contribution is 5.80. The molecule has 186 valence electrons. The zero-order valence-electron chi connectivity index (χ0n) is 21.0. The number of ether oxygens (including phenoxy) is 1. The molecular weight excluding hydrogens is 450 g/mol. The van der Waals surface area contributed by atoms with E-state index in [4.69, 9.17) is 9.53 Å². The van der Waals surface area contributed by atoms with Crippen molar-refractivity contribution in [1.29, 1.82) is 0 Å². The molecule has 6 heteroatoms.